The molecule has 0 bridgehead atoms. The molecule has 0 unspecified atom stereocenters. The van der Waals surface area contributed by atoms with Crippen LogP contribution in [0.2, 0.25) is 0 Å². The van der Waals surface area contributed by atoms with Gasteiger partial charge in [0.2, 0.25) is 0 Å². The maximum atomic E-state index is 11.0. The van der Waals surface area contributed by atoms with Gasteiger partial charge in [-0.15, -0.1) is 0 Å². The summed E-state index contributed by atoms with van der Waals surface area (Å²) in [7, 11) is 0. The Bertz CT molecular complexity index is 309. The molecule has 0 spiro atoms. The van der Waals surface area contributed by atoms with Gasteiger partial charge in [0.1, 0.15) is 6.29 Å². The van der Waals surface area contributed by atoms with Gasteiger partial charge in [-0.1, -0.05) is 58.0 Å². The molecule has 0 amide bonds. The molecule has 14 heavy (non-hydrogen) atoms. The highest BCUT2D eigenvalue weighted by atomic mass is 16.1. The van der Waals surface area contributed by atoms with Crippen LogP contribution in [0.15, 0.2) is 30.3 Å². The Labute approximate surface area is 86.1 Å². The molecule has 76 valence electrons. The van der Waals surface area contributed by atoms with Crippen molar-refractivity contribution in [3.05, 3.63) is 35.9 Å². The molecule has 0 saturated carbocycles. The van der Waals surface area contributed by atoms with Gasteiger partial charge in [-0.25, -0.2) is 0 Å². The summed E-state index contributed by atoms with van der Waals surface area (Å²) in [6.07, 6.45) is 1.04. The van der Waals surface area contributed by atoms with Crippen LogP contribution in [-0.4, -0.2) is 6.29 Å². The molecule has 0 saturated heterocycles. The highest BCUT2D eigenvalue weighted by molar-refractivity contribution is 5.62. The van der Waals surface area contributed by atoms with Crippen LogP contribution in [0.25, 0.3) is 0 Å². The van der Waals surface area contributed by atoms with E-state index in [9.17, 15) is 4.79 Å². The predicted octanol–water partition coefficient (Wildman–Crippen LogP) is 3.19. The van der Waals surface area contributed by atoms with Crippen molar-refractivity contribution < 1.29 is 4.79 Å². The molecule has 1 nitrogen and oxygen atoms in total. The summed E-state index contributed by atoms with van der Waals surface area (Å²) in [5.74, 6) is 0. The first-order chi connectivity index (χ1) is 6.42. The van der Waals surface area contributed by atoms with E-state index in [0.29, 0.717) is 0 Å². The molecule has 1 rings (SSSR count). The van der Waals surface area contributed by atoms with Gasteiger partial charge in [0, 0.05) is 10.8 Å². The Morgan fingerprint density at radius 1 is 1.00 bits per heavy atom. The molecule has 0 aliphatic rings. The first-order valence-electron chi connectivity index (χ1n) is 4.94. The number of benzene rings is 1. The second-order valence-electron chi connectivity index (χ2n) is 4.83. The van der Waals surface area contributed by atoms with Crippen molar-refractivity contribution in [3.8, 4) is 0 Å². The van der Waals surface area contributed by atoms with Crippen LogP contribution in [0.1, 0.15) is 33.3 Å². The minimum atomic E-state index is -0.339. The Hall–Kier alpha value is -1.11. The van der Waals surface area contributed by atoms with Crippen LogP contribution in [0, 0.1) is 5.41 Å². The third-order valence-corrected chi connectivity index (χ3v) is 3.40. The Morgan fingerprint density at radius 2 is 1.50 bits per heavy atom. The van der Waals surface area contributed by atoms with Crippen molar-refractivity contribution in [1.29, 1.82) is 0 Å². The summed E-state index contributed by atoms with van der Waals surface area (Å²) >= 11 is 0. The van der Waals surface area contributed by atoms with Crippen LogP contribution in [0.3, 0.4) is 0 Å². The molecular weight excluding hydrogens is 172 g/mol. The number of rotatable bonds is 3. The molecule has 0 radical (unpaired) electrons. The molecule has 0 N–H and O–H groups in total. The van der Waals surface area contributed by atoms with E-state index in [0.717, 1.165) is 6.29 Å². The van der Waals surface area contributed by atoms with Crippen LogP contribution < -0.4 is 0 Å². The highest BCUT2D eigenvalue weighted by Gasteiger charge is 2.37. The molecule has 0 aromatic heterocycles. The van der Waals surface area contributed by atoms with Gasteiger partial charge >= 0.3 is 0 Å². The van der Waals surface area contributed by atoms with E-state index in [1.807, 2.05) is 32.0 Å². The number of aldehydes is 1. The Kier molecular flexibility index (Phi) is 2.79. The average Bonchev–Trinajstić information content (AvgIpc) is 2.19. The van der Waals surface area contributed by atoms with E-state index in [4.69, 9.17) is 0 Å². The maximum absolute atomic E-state index is 11.0. The lowest BCUT2D eigenvalue weighted by molar-refractivity contribution is -0.117. The Morgan fingerprint density at radius 3 is 1.93 bits per heavy atom. The highest BCUT2D eigenvalue weighted by Crippen LogP contribution is 2.39. The van der Waals surface area contributed by atoms with Gasteiger partial charge in [-0.3, -0.25) is 0 Å². The molecule has 0 atom stereocenters. The quantitative estimate of drug-likeness (QED) is 0.669. The smallest absolute Gasteiger partial charge is 0.126 e. The van der Waals surface area contributed by atoms with E-state index >= 15 is 0 Å². The zero-order valence-electron chi connectivity index (χ0n) is 9.37. The molecular formula is C13H18O. The van der Waals surface area contributed by atoms with Crippen molar-refractivity contribution in [2.45, 2.75) is 33.1 Å². The molecule has 0 heterocycles. The lowest BCUT2D eigenvalue weighted by Crippen LogP contribution is -2.37. The number of carbonyl (C=O) groups excluding carboxylic acids is 1. The largest absolute Gasteiger partial charge is 0.303 e. The monoisotopic (exact) mass is 190 g/mol. The van der Waals surface area contributed by atoms with Gasteiger partial charge in [-0.05, 0) is 5.56 Å². The fraction of sp³-hybridized carbons (Fsp3) is 0.462. The van der Waals surface area contributed by atoms with Crippen molar-refractivity contribution in [2.75, 3.05) is 0 Å². The minimum Gasteiger partial charge on any atom is -0.303 e. The van der Waals surface area contributed by atoms with Gasteiger partial charge in [0.25, 0.3) is 0 Å². The number of hydrogen-bond donors (Lipinski definition) is 0. The molecule has 1 aromatic carbocycles. The summed E-state index contributed by atoms with van der Waals surface area (Å²) < 4.78 is 0. The zero-order valence-corrected chi connectivity index (χ0v) is 9.37. The topological polar surface area (TPSA) is 17.1 Å². The molecule has 0 aliphatic carbocycles. The minimum absolute atomic E-state index is 0.129. The molecule has 1 heteroatoms. The third-order valence-electron chi connectivity index (χ3n) is 3.40. The van der Waals surface area contributed by atoms with E-state index in [-0.39, 0.29) is 10.8 Å². The van der Waals surface area contributed by atoms with Crippen molar-refractivity contribution in [1.82, 2.24) is 0 Å². The average molecular weight is 190 g/mol. The SMILES string of the molecule is CC(C)(C=O)C(C)(C)c1ccccc1. The van der Waals surface area contributed by atoms with Crippen LogP contribution in [0.4, 0.5) is 0 Å². The maximum Gasteiger partial charge on any atom is 0.126 e. The summed E-state index contributed by atoms with van der Waals surface area (Å²) in [5, 5.41) is 0. The summed E-state index contributed by atoms with van der Waals surface area (Å²) in [6, 6.07) is 10.2. The van der Waals surface area contributed by atoms with E-state index < -0.39 is 0 Å². The van der Waals surface area contributed by atoms with Gasteiger partial charge < -0.3 is 4.79 Å². The van der Waals surface area contributed by atoms with E-state index in [1.165, 1.54) is 5.56 Å². The fourth-order valence-electron chi connectivity index (χ4n) is 1.37. The summed E-state index contributed by atoms with van der Waals surface area (Å²) in [5.41, 5.74) is 0.738. The molecule has 0 fully saturated rings. The van der Waals surface area contributed by atoms with Crippen LogP contribution in [0.5, 0.6) is 0 Å². The standard InChI is InChI=1S/C13H18O/c1-12(2,10-14)13(3,4)11-8-6-5-7-9-11/h5-10H,1-4H3. The van der Waals surface area contributed by atoms with Crippen molar-refractivity contribution in [3.63, 3.8) is 0 Å². The normalized spacial score (nSPS) is 12.6. The predicted molar refractivity (Wildman–Crippen MR) is 59.3 cm³/mol. The third kappa shape index (κ3) is 1.72. The number of hydrogen-bond acceptors (Lipinski definition) is 1. The fourth-order valence-corrected chi connectivity index (χ4v) is 1.37. The van der Waals surface area contributed by atoms with E-state index in [2.05, 4.69) is 26.0 Å². The second kappa shape index (κ2) is 3.56. The lowest BCUT2D eigenvalue weighted by Gasteiger charge is -2.37. The first kappa shape index (κ1) is 11.0. The van der Waals surface area contributed by atoms with Crippen LogP contribution in [-0.2, 0) is 10.2 Å². The molecule has 0 aliphatic heterocycles. The zero-order chi connectivity index (χ0) is 10.8. The Balaban J connectivity index is 3.14. The van der Waals surface area contributed by atoms with Crippen molar-refractivity contribution >= 4 is 6.29 Å². The summed E-state index contributed by atoms with van der Waals surface area (Å²) in [6.45, 7) is 8.17. The van der Waals surface area contributed by atoms with Crippen LogP contribution >= 0.6 is 0 Å². The number of carbonyl (C=O) groups is 1. The molecule has 1 aromatic rings. The van der Waals surface area contributed by atoms with Gasteiger partial charge in [-0.2, -0.15) is 0 Å². The first-order valence-corrected chi connectivity index (χ1v) is 4.94. The van der Waals surface area contributed by atoms with Crippen molar-refractivity contribution in [2.24, 2.45) is 5.41 Å². The lowest BCUT2D eigenvalue weighted by atomic mass is 9.65. The summed E-state index contributed by atoms with van der Waals surface area (Å²) in [4.78, 5) is 11.0. The van der Waals surface area contributed by atoms with E-state index in [1.54, 1.807) is 0 Å². The second-order valence-corrected chi connectivity index (χ2v) is 4.83. The van der Waals surface area contributed by atoms with Gasteiger partial charge in [0.15, 0.2) is 0 Å². The van der Waals surface area contributed by atoms with Gasteiger partial charge in [0.05, 0.1) is 0 Å².